The SMILES string of the molecule is NS(=O)(=O)c1ccc(CCNC(=O)Cc2ccc(-n3cnnn3)cc2)cc1. The van der Waals surface area contributed by atoms with Crippen molar-refractivity contribution in [3.8, 4) is 5.69 Å². The Bertz CT molecular complexity index is 1000. The van der Waals surface area contributed by atoms with E-state index in [1.54, 1.807) is 12.1 Å². The fourth-order valence-electron chi connectivity index (χ4n) is 2.49. The lowest BCUT2D eigenvalue weighted by Gasteiger charge is -2.07. The van der Waals surface area contributed by atoms with Gasteiger partial charge in [-0.3, -0.25) is 4.79 Å². The van der Waals surface area contributed by atoms with Crippen LogP contribution in [0, 0.1) is 0 Å². The minimum Gasteiger partial charge on any atom is -0.355 e. The van der Waals surface area contributed by atoms with E-state index in [2.05, 4.69) is 20.8 Å². The van der Waals surface area contributed by atoms with Crippen molar-refractivity contribution < 1.29 is 13.2 Å². The smallest absolute Gasteiger partial charge is 0.238 e. The summed E-state index contributed by atoms with van der Waals surface area (Å²) in [6.45, 7) is 0.455. The van der Waals surface area contributed by atoms with E-state index >= 15 is 0 Å². The van der Waals surface area contributed by atoms with Crippen LogP contribution in [0.3, 0.4) is 0 Å². The maximum atomic E-state index is 12.1. The van der Waals surface area contributed by atoms with Gasteiger partial charge in [0, 0.05) is 6.54 Å². The summed E-state index contributed by atoms with van der Waals surface area (Å²) in [6.07, 6.45) is 2.35. The summed E-state index contributed by atoms with van der Waals surface area (Å²) in [4.78, 5) is 12.1. The zero-order chi connectivity index (χ0) is 19.3. The lowest BCUT2D eigenvalue weighted by Crippen LogP contribution is -2.27. The second-order valence-electron chi connectivity index (χ2n) is 5.89. The van der Waals surface area contributed by atoms with Crippen LogP contribution in [-0.2, 0) is 27.7 Å². The lowest BCUT2D eigenvalue weighted by atomic mass is 10.1. The van der Waals surface area contributed by atoms with Gasteiger partial charge in [0.1, 0.15) is 6.33 Å². The van der Waals surface area contributed by atoms with Crippen LogP contribution in [-0.4, -0.2) is 41.1 Å². The second kappa shape index (κ2) is 8.06. The molecule has 3 N–H and O–H groups in total. The molecule has 2 aromatic carbocycles. The number of carbonyl (C=O) groups excluding carboxylic acids is 1. The highest BCUT2D eigenvalue weighted by Crippen LogP contribution is 2.10. The van der Waals surface area contributed by atoms with Gasteiger partial charge in [-0.05, 0) is 52.2 Å². The molecule has 1 heterocycles. The van der Waals surface area contributed by atoms with Gasteiger partial charge in [-0.25, -0.2) is 18.2 Å². The number of rotatable bonds is 7. The molecular formula is C17H18N6O3S. The van der Waals surface area contributed by atoms with Crippen molar-refractivity contribution in [3.63, 3.8) is 0 Å². The third kappa shape index (κ3) is 5.19. The molecule has 0 unspecified atom stereocenters. The third-order valence-corrected chi connectivity index (χ3v) is 4.83. The van der Waals surface area contributed by atoms with E-state index in [9.17, 15) is 13.2 Å². The number of hydrogen-bond acceptors (Lipinski definition) is 6. The molecule has 0 radical (unpaired) electrons. The monoisotopic (exact) mass is 386 g/mol. The number of hydrogen-bond donors (Lipinski definition) is 2. The highest BCUT2D eigenvalue weighted by atomic mass is 32.2. The molecule has 1 aromatic heterocycles. The summed E-state index contributed by atoms with van der Waals surface area (Å²) in [5.41, 5.74) is 2.60. The van der Waals surface area contributed by atoms with Gasteiger partial charge in [-0.1, -0.05) is 24.3 Å². The van der Waals surface area contributed by atoms with Crippen molar-refractivity contribution >= 4 is 15.9 Å². The average Bonchev–Trinajstić information content (AvgIpc) is 3.17. The number of amides is 1. The standard InChI is InChI=1S/C17H18N6O3S/c18-27(25,26)16-7-3-13(4-8-16)9-10-19-17(24)11-14-1-5-15(6-2-14)23-12-20-21-22-23/h1-8,12H,9-11H2,(H,19,24)(H2,18,25,26). The molecule has 3 aromatic rings. The molecule has 0 aliphatic heterocycles. The molecule has 27 heavy (non-hydrogen) atoms. The van der Waals surface area contributed by atoms with E-state index in [1.165, 1.54) is 23.1 Å². The molecule has 1 amide bonds. The highest BCUT2D eigenvalue weighted by Gasteiger charge is 2.07. The predicted octanol–water partition coefficient (Wildman–Crippen LogP) is 0.211. The van der Waals surface area contributed by atoms with Crippen molar-refractivity contribution in [2.45, 2.75) is 17.7 Å². The van der Waals surface area contributed by atoms with Crippen LogP contribution in [0.15, 0.2) is 59.8 Å². The van der Waals surface area contributed by atoms with Crippen molar-refractivity contribution in [2.75, 3.05) is 6.54 Å². The molecule has 0 saturated carbocycles. The normalized spacial score (nSPS) is 11.3. The first-order chi connectivity index (χ1) is 12.9. The van der Waals surface area contributed by atoms with Crippen molar-refractivity contribution in [1.82, 2.24) is 25.5 Å². The predicted molar refractivity (Wildman–Crippen MR) is 97.4 cm³/mol. The van der Waals surface area contributed by atoms with Crippen LogP contribution in [0.5, 0.6) is 0 Å². The molecular weight excluding hydrogens is 368 g/mol. The van der Waals surface area contributed by atoms with Crippen molar-refractivity contribution in [2.24, 2.45) is 5.14 Å². The number of nitrogens with one attached hydrogen (secondary N) is 1. The van der Waals surface area contributed by atoms with Gasteiger partial charge in [-0.15, -0.1) is 5.10 Å². The van der Waals surface area contributed by atoms with Gasteiger partial charge in [-0.2, -0.15) is 0 Å². The van der Waals surface area contributed by atoms with E-state index in [0.29, 0.717) is 13.0 Å². The van der Waals surface area contributed by atoms with Crippen LogP contribution < -0.4 is 10.5 Å². The fraction of sp³-hybridized carbons (Fsp3) is 0.176. The summed E-state index contributed by atoms with van der Waals surface area (Å²) >= 11 is 0. The summed E-state index contributed by atoms with van der Waals surface area (Å²) in [5.74, 6) is -0.0914. The summed E-state index contributed by atoms with van der Waals surface area (Å²) in [5, 5.41) is 18.9. The lowest BCUT2D eigenvalue weighted by molar-refractivity contribution is -0.120. The van der Waals surface area contributed by atoms with Gasteiger partial charge in [0.25, 0.3) is 0 Å². The molecule has 0 aliphatic carbocycles. The fourth-order valence-corrected chi connectivity index (χ4v) is 3.00. The molecule has 0 spiro atoms. The number of nitrogens with two attached hydrogens (primary N) is 1. The van der Waals surface area contributed by atoms with Crippen molar-refractivity contribution in [3.05, 3.63) is 66.0 Å². The minimum absolute atomic E-state index is 0.0698. The van der Waals surface area contributed by atoms with Gasteiger partial charge < -0.3 is 5.32 Å². The zero-order valence-electron chi connectivity index (χ0n) is 14.3. The number of carbonyl (C=O) groups is 1. The molecule has 0 aliphatic rings. The molecule has 0 bridgehead atoms. The Morgan fingerprint density at radius 1 is 1.04 bits per heavy atom. The number of aromatic nitrogens is 4. The maximum Gasteiger partial charge on any atom is 0.238 e. The number of primary sulfonamides is 1. The summed E-state index contributed by atoms with van der Waals surface area (Å²) in [6, 6.07) is 13.7. The number of sulfonamides is 1. The first kappa shape index (κ1) is 18.7. The van der Waals surface area contributed by atoms with Crippen LogP contribution >= 0.6 is 0 Å². The van der Waals surface area contributed by atoms with E-state index in [4.69, 9.17) is 5.14 Å². The van der Waals surface area contributed by atoms with Gasteiger partial charge in [0.2, 0.25) is 15.9 Å². The van der Waals surface area contributed by atoms with E-state index < -0.39 is 10.0 Å². The number of tetrazole rings is 1. The molecule has 0 atom stereocenters. The Balaban J connectivity index is 1.47. The average molecular weight is 386 g/mol. The first-order valence-corrected chi connectivity index (χ1v) is 9.67. The summed E-state index contributed by atoms with van der Waals surface area (Å²) < 4.78 is 24.0. The Hall–Kier alpha value is -3.11. The van der Waals surface area contributed by atoms with Crippen LogP contribution in [0.4, 0.5) is 0 Å². The molecule has 0 saturated heterocycles. The minimum atomic E-state index is -3.69. The second-order valence-corrected chi connectivity index (χ2v) is 7.45. The Morgan fingerprint density at radius 3 is 2.30 bits per heavy atom. The molecule has 3 rings (SSSR count). The van der Waals surface area contributed by atoms with Crippen LogP contribution in [0.25, 0.3) is 5.69 Å². The molecule has 9 nitrogen and oxygen atoms in total. The molecule has 10 heteroatoms. The highest BCUT2D eigenvalue weighted by molar-refractivity contribution is 7.89. The zero-order valence-corrected chi connectivity index (χ0v) is 15.1. The quantitative estimate of drug-likeness (QED) is 0.596. The first-order valence-electron chi connectivity index (χ1n) is 8.12. The maximum absolute atomic E-state index is 12.1. The van der Waals surface area contributed by atoms with E-state index in [1.807, 2.05) is 24.3 Å². The van der Waals surface area contributed by atoms with E-state index in [-0.39, 0.29) is 17.2 Å². The van der Waals surface area contributed by atoms with Gasteiger partial charge >= 0.3 is 0 Å². The molecule has 0 fully saturated rings. The Morgan fingerprint density at radius 2 is 1.70 bits per heavy atom. The van der Waals surface area contributed by atoms with Crippen LogP contribution in [0.1, 0.15) is 11.1 Å². The topological polar surface area (TPSA) is 133 Å². The van der Waals surface area contributed by atoms with Crippen molar-refractivity contribution in [1.29, 1.82) is 0 Å². The van der Waals surface area contributed by atoms with E-state index in [0.717, 1.165) is 16.8 Å². The number of nitrogens with zero attached hydrogens (tertiary/aromatic N) is 4. The Labute approximate surface area is 156 Å². The largest absolute Gasteiger partial charge is 0.355 e. The number of benzene rings is 2. The third-order valence-electron chi connectivity index (χ3n) is 3.90. The van der Waals surface area contributed by atoms with Crippen LogP contribution in [0.2, 0.25) is 0 Å². The van der Waals surface area contributed by atoms with Gasteiger partial charge in [0.05, 0.1) is 17.0 Å². The van der Waals surface area contributed by atoms with Gasteiger partial charge in [0.15, 0.2) is 0 Å². The molecule has 140 valence electrons. The Kier molecular flexibility index (Phi) is 5.57. The summed E-state index contributed by atoms with van der Waals surface area (Å²) in [7, 11) is -3.69.